The zero-order valence-electron chi connectivity index (χ0n) is 10.4. The highest BCUT2D eigenvalue weighted by molar-refractivity contribution is 6.30. The van der Waals surface area contributed by atoms with Gasteiger partial charge in [0.2, 0.25) is 0 Å². The number of aromatic nitrogens is 1. The lowest BCUT2D eigenvalue weighted by atomic mass is 10.2. The second-order valence-corrected chi connectivity index (χ2v) is 5.02. The third-order valence-corrected chi connectivity index (χ3v) is 3.56. The van der Waals surface area contributed by atoms with E-state index in [1.54, 1.807) is 0 Å². The Morgan fingerprint density at radius 2 is 1.74 bits per heavy atom. The Kier molecular flexibility index (Phi) is 3.28. The first-order chi connectivity index (χ1) is 9.28. The van der Waals surface area contributed by atoms with Gasteiger partial charge in [-0.05, 0) is 23.8 Å². The van der Waals surface area contributed by atoms with Crippen molar-refractivity contribution < 1.29 is 5.11 Å². The normalized spacial score (nSPS) is 11.1. The van der Waals surface area contributed by atoms with Crippen LogP contribution in [0.5, 0.6) is 0 Å². The monoisotopic (exact) mass is 271 g/mol. The molecule has 0 aliphatic carbocycles. The first kappa shape index (κ1) is 12.3. The molecule has 0 fully saturated rings. The van der Waals surface area contributed by atoms with Crippen molar-refractivity contribution >= 4 is 22.5 Å². The van der Waals surface area contributed by atoms with Crippen molar-refractivity contribution in [2.75, 3.05) is 0 Å². The Bertz CT molecular complexity index is 700. The van der Waals surface area contributed by atoms with Crippen molar-refractivity contribution in [1.29, 1.82) is 0 Å². The Morgan fingerprint density at radius 1 is 1.00 bits per heavy atom. The molecule has 0 atom stereocenters. The minimum absolute atomic E-state index is 0.0636. The van der Waals surface area contributed by atoms with Crippen LogP contribution in [0.4, 0.5) is 0 Å². The Morgan fingerprint density at radius 3 is 2.47 bits per heavy atom. The molecule has 0 spiro atoms. The summed E-state index contributed by atoms with van der Waals surface area (Å²) in [5.74, 6) is 0. The highest BCUT2D eigenvalue weighted by Crippen LogP contribution is 2.22. The second-order valence-electron chi connectivity index (χ2n) is 4.58. The largest absolute Gasteiger partial charge is 0.392 e. The predicted molar refractivity (Wildman–Crippen MR) is 78.4 cm³/mol. The van der Waals surface area contributed by atoms with Crippen LogP contribution in [0.2, 0.25) is 5.02 Å². The van der Waals surface area contributed by atoms with E-state index in [9.17, 15) is 5.11 Å². The standard InChI is InChI=1S/C16H14ClNO/c17-14-7-5-12(6-8-14)9-18-10-13(11-19)15-3-1-2-4-16(15)18/h1-8,10,19H,9,11H2. The van der Waals surface area contributed by atoms with Crippen LogP contribution < -0.4 is 0 Å². The summed E-state index contributed by atoms with van der Waals surface area (Å²) in [6.07, 6.45) is 2.01. The van der Waals surface area contributed by atoms with E-state index in [0.717, 1.165) is 28.0 Å². The van der Waals surface area contributed by atoms with E-state index in [-0.39, 0.29) is 6.61 Å². The van der Waals surface area contributed by atoms with Crippen LogP contribution in [0.1, 0.15) is 11.1 Å². The van der Waals surface area contributed by atoms with Crippen LogP contribution in [0.3, 0.4) is 0 Å². The third kappa shape index (κ3) is 2.37. The lowest BCUT2D eigenvalue weighted by Crippen LogP contribution is -1.97. The average molecular weight is 272 g/mol. The van der Waals surface area contributed by atoms with Crippen molar-refractivity contribution in [3.63, 3.8) is 0 Å². The fourth-order valence-corrected chi connectivity index (χ4v) is 2.49. The summed E-state index contributed by atoms with van der Waals surface area (Å²) in [6, 6.07) is 16.0. The van der Waals surface area contributed by atoms with Crippen LogP contribution >= 0.6 is 11.6 Å². The van der Waals surface area contributed by atoms with E-state index in [0.29, 0.717) is 0 Å². The average Bonchev–Trinajstić information content (AvgIpc) is 2.80. The van der Waals surface area contributed by atoms with Gasteiger partial charge in [0.15, 0.2) is 0 Å². The van der Waals surface area contributed by atoms with Gasteiger partial charge >= 0.3 is 0 Å². The van der Waals surface area contributed by atoms with Crippen LogP contribution in [-0.4, -0.2) is 9.67 Å². The molecule has 0 aliphatic heterocycles. The summed E-state index contributed by atoms with van der Waals surface area (Å²) < 4.78 is 2.16. The van der Waals surface area contributed by atoms with Crippen molar-refractivity contribution in [1.82, 2.24) is 4.57 Å². The number of rotatable bonds is 3. The van der Waals surface area contributed by atoms with Gasteiger partial charge in [0.05, 0.1) is 6.61 Å². The van der Waals surface area contributed by atoms with Gasteiger partial charge in [0, 0.05) is 34.2 Å². The number of fused-ring (bicyclic) bond motifs is 1. The summed E-state index contributed by atoms with van der Waals surface area (Å²) in [4.78, 5) is 0. The molecule has 1 aromatic heterocycles. The molecule has 0 amide bonds. The van der Waals surface area contributed by atoms with E-state index in [1.807, 2.05) is 48.7 Å². The Hall–Kier alpha value is -1.77. The Labute approximate surface area is 116 Å². The maximum absolute atomic E-state index is 9.42. The quantitative estimate of drug-likeness (QED) is 0.769. The van der Waals surface area contributed by atoms with Crippen LogP contribution in [0, 0.1) is 0 Å². The summed E-state index contributed by atoms with van der Waals surface area (Å²) in [5.41, 5.74) is 3.29. The predicted octanol–water partition coefficient (Wildman–Crippen LogP) is 3.84. The maximum atomic E-state index is 9.42. The maximum Gasteiger partial charge on any atom is 0.0702 e. The van der Waals surface area contributed by atoms with Gasteiger partial charge in [-0.15, -0.1) is 0 Å². The van der Waals surface area contributed by atoms with Gasteiger partial charge in [-0.1, -0.05) is 41.9 Å². The summed E-state index contributed by atoms with van der Waals surface area (Å²) in [6.45, 7) is 0.839. The number of hydrogen-bond donors (Lipinski definition) is 1. The number of aliphatic hydroxyl groups excluding tert-OH is 1. The zero-order chi connectivity index (χ0) is 13.2. The summed E-state index contributed by atoms with van der Waals surface area (Å²) >= 11 is 5.90. The molecule has 3 rings (SSSR count). The van der Waals surface area contributed by atoms with Gasteiger partial charge in [-0.2, -0.15) is 0 Å². The van der Waals surface area contributed by atoms with Gasteiger partial charge < -0.3 is 9.67 Å². The number of benzene rings is 2. The number of nitrogens with zero attached hydrogens (tertiary/aromatic N) is 1. The van der Waals surface area contributed by atoms with Gasteiger partial charge in [0.25, 0.3) is 0 Å². The molecular formula is C16H14ClNO. The number of para-hydroxylation sites is 1. The summed E-state index contributed by atoms with van der Waals surface area (Å²) in [7, 11) is 0. The highest BCUT2D eigenvalue weighted by atomic mass is 35.5. The zero-order valence-corrected chi connectivity index (χ0v) is 11.1. The molecule has 0 unspecified atom stereocenters. The van der Waals surface area contributed by atoms with Crippen molar-refractivity contribution in [3.05, 3.63) is 70.9 Å². The molecular weight excluding hydrogens is 258 g/mol. The lowest BCUT2D eigenvalue weighted by Gasteiger charge is -2.05. The van der Waals surface area contributed by atoms with Gasteiger partial charge in [-0.25, -0.2) is 0 Å². The van der Waals surface area contributed by atoms with E-state index in [2.05, 4.69) is 10.6 Å². The second kappa shape index (κ2) is 5.08. The molecule has 3 aromatic rings. The first-order valence-corrected chi connectivity index (χ1v) is 6.58. The minimum atomic E-state index is 0.0636. The molecule has 1 N–H and O–H groups in total. The molecule has 1 heterocycles. The van der Waals surface area contributed by atoms with Crippen molar-refractivity contribution in [3.8, 4) is 0 Å². The molecule has 0 aliphatic rings. The third-order valence-electron chi connectivity index (χ3n) is 3.31. The summed E-state index contributed by atoms with van der Waals surface area (Å²) in [5, 5.41) is 11.3. The van der Waals surface area contributed by atoms with Crippen LogP contribution in [-0.2, 0) is 13.2 Å². The number of halogens is 1. The van der Waals surface area contributed by atoms with E-state index in [1.165, 1.54) is 5.56 Å². The van der Waals surface area contributed by atoms with Crippen molar-refractivity contribution in [2.24, 2.45) is 0 Å². The van der Waals surface area contributed by atoms with E-state index in [4.69, 9.17) is 11.6 Å². The minimum Gasteiger partial charge on any atom is -0.392 e. The topological polar surface area (TPSA) is 25.2 Å². The SMILES string of the molecule is OCc1cn(Cc2ccc(Cl)cc2)c2ccccc12. The smallest absolute Gasteiger partial charge is 0.0702 e. The molecule has 0 saturated heterocycles. The first-order valence-electron chi connectivity index (χ1n) is 6.20. The fourth-order valence-electron chi connectivity index (χ4n) is 2.37. The molecule has 19 heavy (non-hydrogen) atoms. The molecule has 2 nitrogen and oxygen atoms in total. The molecule has 96 valence electrons. The number of hydrogen-bond acceptors (Lipinski definition) is 1. The fraction of sp³-hybridized carbons (Fsp3) is 0.125. The molecule has 3 heteroatoms. The molecule has 0 bridgehead atoms. The van der Waals surface area contributed by atoms with E-state index >= 15 is 0 Å². The molecule has 2 aromatic carbocycles. The molecule has 0 radical (unpaired) electrons. The van der Waals surface area contributed by atoms with Gasteiger partial charge in [0.1, 0.15) is 0 Å². The van der Waals surface area contributed by atoms with Gasteiger partial charge in [-0.3, -0.25) is 0 Å². The van der Waals surface area contributed by atoms with Crippen LogP contribution in [0.15, 0.2) is 54.7 Å². The van der Waals surface area contributed by atoms with Crippen LogP contribution in [0.25, 0.3) is 10.9 Å². The lowest BCUT2D eigenvalue weighted by molar-refractivity contribution is 0.283. The Balaban J connectivity index is 2.03. The van der Waals surface area contributed by atoms with Crippen molar-refractivity contribution in [2.45, 2.75) is 13.2 Å². The van der Waals surface area contributed by atoms with E-state index < -0.39 is 0 Å². The number of aliphatic hydroxyl groups is 1. The molecule has 0 saturated carbocycles. The highest BCUT2D eigenvalue weighted by Gasteiger charge is 2.07.